The van der Waals surface area contributed by atoms with E-state index in [4.69, 9.17) is 17.0 Å². The van der Waals surface area contributed by atoms with Gasteiger partial charge in [-0.25, -0.2) is 4.79 Å². The number of aromatic amines is 1. The minimum absolute atomic E-state index is 0.0351. The van der Waals surface area contributed by atoms with E-state index in [0.29, 0.717) is 12.5 Å². The van der Waals surface area contributed by atoms with Crippen molar-refractivity contribution in [1.29, 1.82) is 0 Å². The number of carbonyl (C=O) groups excluding carboxylic acids is 1. The molecule has 1 aromatic rings. The molecule has 1 N–H and O–H groups in total. The van der Waals surface area contributed by atoms with Gasteiger partial charge in [-0.2, -0.15) is 0 Å². The highest BCUT2D eigenvalue weighted by molar-refractivity contribution is 7.73. The van der Waals surface area contributed by atoms with Crippen LogP contribution in [0.25, 0.3) is 5.57 Å². The molecular weight excluding hydrogens is 304 g/mol. The maximum Gasteiger partial charge on any atom is 0.410 e. The van der Waals surface area contributed by atoms with Gasteiger partial charge in [0, 0.05) is 11.9 Å². The van der Waals surface area contributed by atoms with Gasteiger partial charge >= 0.3 is 6.09 Å². The molecule has 1 amide bonds. The van der Waals surface area contributed by atoms with E-state index in [2.05, 4.69) is 31.5 Å². The molecule has 2 rings (SSSR count). The zero-order valence-electron chi connectivity index (χ0n) is 12.3. The molecule has 21 heavy (non-hydrogen) atoms. The molecule has 0 saturated heterocycles. The van der Waals surface area contributed by atoms with Crippen LogP contribution in [-0.4, -0.2) is 35.2 Å². The quantitative estimate of drug-likeness (QED) is 0.665. The van der Waals surface area contributed by atoms with Gasteiger partial charge in [-0.05, 0) is 30.1 Å². The molecule has 0 unspecified atom stereocenters. The standard InChI is InChI=1S/C15H20N2O2S2/c1-4-7-19-15(18)17-6-5-11(8-13(17)10(2)3)12-9-21-14(20)16-12/h4,8-10,13H,1,5-7H2,2-3H3,(H,16,20)/t13-/m1/s1. The molecule has 0 saturated carbocycles. The first-order chi connectivity index (χ1) is 10.0. The van der Waals surface area contributed by atoms with Crippen LogP contribution >= 0.6 is 23.6 Å². The summed E-state index contributed by atoms with van der Waals surface area (Å²) < 4.78 is 5.95. The fourth-order valence-corrected chi connectivity index (χ4v) is 3.27. The van der Waals surface area contributed by atoms with Crippen LogP contribution in [0.5, 0.6) is 0 Å². The van der Waals surface area contributed by atoms with Gasteiger partial charge in [-0.15, -0.1) is 11.3 Å². The number of carbonyl (C=O) groups is 1. The van der Waals surface area contributed by atoms with Crippen molar-refractivity contribution in [3.63, 3.8) is 0 Å². The highest BCUT2D eigenvalue weighted by atomic mass is 32.1. The van der Waals surface area contributed by atoms with Crippen LogP contribution in [-0.2, 0) is 4.74 Å². The topological polar surface area (TPSA) is 45.3 Å². The predicted molar refractivity (Wildman–Crippen MR) is 89.0 cm³/mol. The summed E-state index contributed by atoms with van der Waals surface area (Å²) in [5.41, 5.74) is 2.28. The zero-order chi connectivity index (χ0) is 15.4. The van der Waals surface area contributed by atoms with E-state index in [-0.39, 0.29) is 18.7 Å². The van der Waals surface area contributed by atoms with E-state index in [1.165, 1.54) is 16.9 Å². The summed E-state index contributed by atoms with van der Waals surface area (Å²) in [7, 11) is 0. The molecule has 0 bridgehead atoms. The first kappa shape index (κ1) is 16.0. The third-order valence-corrected chi connectivity index (χ3v) is 4.52. The van der Waals surface area contributed by atoms with Crippen molar-refractivity contribution >= 4 is 35.2 Å². The van der Waals surface area contributed by atoms with Gasteiger partial charge in [0.1, 0.15) is 6.61 Å². The molecule has 0 spiro atoms. The first-order valence-electron chi connectivity index (χ1n) is 6.96. The van der Waals surface area contributed by atoms with Crippen LogP contribution in [0.2, 0.25) is 0 Å². The Balaban J connectivity index is 2.21. The predicted octanol–water partition coefficient (Wildman–Crippen LogP) is 4.24. The molecule has 1 aliphatic rings. The lowest BCUT2D eigenvalue weighted by Crippen LogP contribution is -2.45. The van der Waals surface area contributed by atoms with Crippen molar-refractivity contribution in [2.24, 2.45) is 5.92 Å². The fourth-order valence-electron chi connectivity index (χ4n) is 2.41. The van der Waals surface area contributed by atoms with E-state index in [1.54, 1.807) is 11.0 Å². The third-order valence-electron chi connectivity index (χ3n) is 3.46. The van der Waals surface area contributed by atoms with E-state index in [9.17, 15) is 4.79 Å². The average molecular weight is 324 g/mol. The number of thiazole rings is 1. The number of nitrogens with one attached hydrogen (secondary N) is 1. The Bertz CT molecular complexity index is 601. The molecule has 0 fully saturated rings. The maximum absolute atomic E-state index is 12.1. The van der Waals surface area contributed by atoms with Gasteiger partial charge in [0.2, 0.25) is 0 Å². The Labute approximate surface area is 134 Å². The molecule has 4 nitrogen and oxygen atoms in total. The van der Waals surface area contributed by atoms with E-state index >= 15 is 0 Å². The average Bonchev–Trinajstić information content (AvgIpc) is 2.90. The minimum atomic E-state index is -0.276. The number of aromatic nitrogens is 1. The zero-order valence-corrected chi connectivity index (χ0v) is 13.9. The summed E-state index contributed by atoms with van der Waals surface area (Å²) >= 11 is 6.67. The Morgan fingerprint density at radius 2 is 2.48 bits per heavy atom. The monoisotopic (exact) mass is 324 g/mol. The number of amides is 1. The number of rotatable bonds is 4. The summed E-state index contributed by atoms with van der Waals surface area (Å²) in [6.45, 7) is 8.67. The van der Waals surface area contributed by atoms with Crippen molar-refractivity contribution in [2.75, 3.05) is 13.2 Å². The van der Waals surface area contributed by atoms with Crippen molar-refractivity contribution in [3.05, 3.63) is 33.8 Å². The number of hydrogen-bond acceptors (Lipinski definition) is 4. The normalized spacial score (nSPS) is 18.5. The van der Waals surface area contributed by atoms with Gasteiger partial charge in [0.25, 0.3) is 0 Å². The molecule has 1 atom stereocenters. The number of hydrogen-bond donors (Lipinski definition) is 1. The number of ether oxygens (including phenoxy) is 1. The largest absolute Gasteiger partial charge is 0.445 e. The molecular formula is C15H20N2O2S2. The van der Waals surface area contributed by atoms with Crippen molar-refractivity contribution < 1.29 is 9.53 Å². The molecule has 2 heterocycles. The lowest BCUT2D eigenvalue weighted by molar-refractivity contribution is 0.0931. The van der Waals surface area contributed by atoms with Crippen LogP contribution in [0.4, 0.5) is 4.79 Å². The maximum atomic E-state index is 12.1. The fraction of sp³-hybridized carbons (Fsp3) is 0.467. The summed E-state index contributed by atoms with van der Waals surface area (Å²) in [5, 5.41) is 2.04. The van der Waals surface area contributed by atoms with Crippen molar-refractivity contribution in [2.45, 2.75) is 26.3 Å². The molecule has 1 aromatic heterocycles. The Morgan fingerprint density at radius 3 is 3.05 bits per heavy atom. The summed E-state index contributed by atoms with van der Waals surface area (Å²) in [5.74, 6) is 0.318. The van der Waals surface area contributed by atoms with E-state index in [0.717, 1.165) is 16.1 Å². The van der Waals surface area contributed by atoms with E-state index < -0.39 is 0 Å². The minimum Gasteiger partial charge on any atom is -0.445 e. The molecule has 0 aliphatic carbocycles. The Hall–Kier alpha value is -1.40. The first-order valence-corrected chi connectivity index (χ1v) is 8.25. The highest BCUT2D eigenvalue weighted by Crippen LogP contribution is 2.29. The molecule has 6 heteroatoms. The third kappa shape index (κ3) is 3.83. The van der Waals surface area contributed by atoms with Gasteiger partial charge in [-0.1, -0.05) is 32.6 Å². The molecule has 0 radical (unpaired) electrons. The van der Waals surface area contributed by atoms with Gasteiger partial charge < -0.3 is 14.6 Å². The lowest BCUT2D eigenvalue weighted by Gasteiger charge is -2.35. The van der Waals surface area contributed by atoms with Gasteiger partial charge in [-0.3, -0.25) is 0 Å². The van der Waals surface area contributed by atoms with Crippen molar-refractivity contribution in [3.8, 4) is 0 Å². The number of H-pyrrole nitrogens is 1. The second kappa shape index (κ2) is 7.04. The summed E-state index contributed by atoms with van der Waals surface area (Å²) in [6, 6.07) is 0.0351. The second-order valence-electron chi connectivity index (χ2n) is 5.30. The molecule has 1 aliphatic heterocycles. The van der Waals surface area contributed by atoms with Gasteiger partial charge in [0.15, 0.2) is 3.95 Å². The Morgan fingerprint density at radius 1 is 1.71 bits per heavy atom. The van der Waals surface area contributed by atoms with Crippen LogP contribution in [0.3, 0.4) is 0 Å². The molecule has 114 valence electrons. The van der Waals surface area contributed by atoms with Crippen LogP contribution in [0, 0.1) is 9.87 Å². The smallest absolute Gasteiger partial charge is 0.410 e. The van der Waals surface area contributed by atoms with Crippen LogP contribution < -0.4 is 0 Å². The summed E-state index contributed by atoms with van der Waals surface area (Å²) in [4.78, 5) is 17.1. The van der Waals surface area contributed by atoms with E-state index in [1.807, 2.05) is 5.38 Å². The highest BCUT2D eigenvalue weighted by Gasteiger charge is 2.30. The molecule has 0 aromatic carbocycles. The van der Waals surface area contributed by atoms with Crippen molar-refractivity contribution in [1.82, 2.24) is 9.88 Å². The SMILES string of the molecule is C=CCOC(=O)N1CCC(c2csc(=S)[nH]2)=C[C@@H]1C(C)C. The van der Waals surface area contributed by atoms with Crippen LogP contribution in [0.1, 0.15) is 26.0 Å². The summed E-state index contributed by atoms with van der Waals surface area (Å²) in [6.07, 6.45) is 4.26. The van der Waals surface area contributed by atoms with Crippen LogP contribution in [0.15, 0.2) is 24.1 Å². The number of nitrogens with zero attached hydrogens (tertiary/aromatic N) is 1. The lowest BCUT2D eigenvalue weighted by atomic mass is 9.93. The second-order valence-corrected chi connectivity index (χ2v) is 6.84. The Kier molecular flexibility index (Phi) is 5.36. The van der Waals surface area contributed by atoms with Gasteiger partial charge in [0.05, 0.1) is 11.7 Å².